The lowest BCUT2D eigenvalue weighted by Gasteiger charge is -2.33. The van der Waals surface area contributed by atoms with E-state index in [1.54, 1.807) is 4.90 Å². The van der Waals surface area contributed by atoms with E-state index in [0.717, 1.165) is 11.3 Å². The summed E-state index contributed by atoms with van der Waals surface area (Å²) in [6.07, 6.45) is 1.48. The van der Waals surface area contributed by atoms with Crippen molar-refractivity contribution in [2.75, 3.05) is 6.61 Å². The van der Waals surface area contributed by atoms with Crippen LogP contribution in [0, 0.1) is 0 Å². The second-order valence-corrected chi connectivity index (χ2v) is 8.44. The predicted octanol–water partition coefficient (Wildman–Crippen LogP) is 4.57. The zero-order valence-corrected chi connectivity index (χ0v) is 18.6. The summed E-state index contributed by atoms with van der Waals surface area (Å²) in [5.41, 5.74) is 0.656. The summed E-state index contributed by atoms with van der Waals surface area (Å²) in [5.74, 6) is 0.642. The molecule has 0 unspecified atom stereocenters. The molecule has 1 atom stereocenters. The molecule has 0 fully saturated rings. The van der Waals surface area contributed by atoms with Crippen molar-refractivity contribution in [3.05, 3.63) is 66.2 Å². The van der Waals surface area contributed by atoms with Crippen molar-refractivity contribution in [3.63, 3.8) is 0 Å². The lowest BCUT2D eigenvalue weighted by Crippen LogP contribution is -2.53. The number of nitrogens with zero attached hydrogens (tertiary/aromatic N) is 1. The van der Waals surface area contributed by atoms with Crippen molar-refractivity contribution in [2.45, 2.75) is 65.1 Å². The average molecular weight is 411 g/mol. The minimum Gasteiger partial charge on any atom is -0.494 e. The maximum absolute atomic E-state index is 13.1. The van der Waals surface area contributed by atoms with Crippen molar-refractivity contribution < 1.29 is 14.3 Å². The first kappa shape index (κ1) is 23.5. The van der Waals surface area contributed by atoms with E-state index in [-0.39, 0.29) is 17.4 Å². The fourth-order valence-electron chi connectivity index (χ4n) is 3.23. The van der Waals surface area contributed by atoms with Crippen LogP contribution in [0.1, 0.15) is 52.5 Å². The minimum atomic E-state index is -0.507. The van der Waals surface area contributed by atoms with Gasteiger partial charge in [-0.05, 0) is 51.3 Å². The summed E-state index contributed by atoms with van der Waals surface area (Å²) >= 11 is 0. The maximum atomic E-state index is 13.1. The highest BCUT2D eigenvalue weighted by Crippen LogP contribution is 2.16. The van der Waals surface area contributed by atoms with Gasteiger partial charge in [0.1, 0.15) is 11.8 Å². The van der Waals surface area contributed by atoms with Crippen LogP contribution in [0.15, 0.2) is 60.7 Å². The van der Waals surface area contributed by atoms with Crippen LogP contribution < -0.4 is 10.1 Å². The molecule has 0 aliphatic rings. The minimum absolute atomic E-state index is 0.0357. The molecule has 5 heteroatoms. The van der Waals surface area contributed by atoms with Gasteiger partial charge in [0.25, 0.3) is 0 Å². The van der Waals surface area contributed by atoms with Crippen molar-refractivity contribution >= 4 is 11.8 Å². The number of para-hydroxylation sites is 1. The van der Waals surface area contributed by atoms with Gasteiger partial charge in [-0.2, -0.15) is 0 Å². The van der Waals surface area contributed by atoms with Gasteiger partial charge in [-0.15, -0.1) is 0 Å². The predicted molar refractivity (Wildman–Crippen MR) is 120 cm³/mol. The molecule has 0 saturated heterocycles. The molecule has 2 aromatic carbocycles. The molecule has 30 heavy (non-hydrogen) atoms. The first-order chi connectivity index (χ1) is 14.3. The summed E-state index contributed by atoms with van der Waals surface area (Å²) in [6.45, 7) is 8.65. The largest absolute Gasteiger partial charge is 0.494 e. The lowest BCUT2D eigenvalue weighted by molar-refractivity contribution is -0.142. The van der Waals surface area contributed by atoms with E-state index in [1.807, 2.05) is 88.4 Å². The number of amides is 2. The highest BCUT2D eigenvalue weighted by atomic mass is 16.5. The number of nitrogens with one attached hydrogen (secondary N) is 1. The number of ether oxygens (including phenoxy) is 1. The van der Waals surface area contributed by atoms with E-state index in [0.29, 0.717) is 32.4 Å². The third-order valence-electron chi connectivity index (χ3n) is 4.63. The van der Waals surface area contributed by atoms with Crippen LogP contribution in [-0.4, -0.2) is 34.9 Å². The zero-order valence-electron chi connectivity index (χ0n) is 18.6. The van der Waals surface area contributed by atoms with Crippen LogP contribution in [0.4, 0.5) is 0 Å². The Kier molecular flexibility index (Phi) is 8.90. The Morgan fingerprint density at radius 2 is 1.60 bits per heavy atom. The average Bonchev–Trinajstić information content (AvgIpc) is 2.71. The molecule has 0 aliphatic carbocycles. The lowest BCUT2D eigenvalue weighted by atomic mass is 10.0. The molecule has 0 bridgehead atoms. The van der Waals surface area contributed by atoms with E-state index in [1.165, 1.54) is 0 Å². The quantitative estimate of drug-likeness (QED) is 0.584. The highest BCUT2D eigenvalue weighted by molar-refractivity contribution is 5.88. The van der Waals surface area contributed by atoms with Crippen molar-refractivity contribution in [1.82, 2.24) is 10.2 Å². The Labute approximate surface area is 180 Å². The molecule has 5 nitrogen and oxygen atoms in total. The van der Waals surface area contributed by atoms with Crippen molar-refractivity contribution in [3.8, 4) is 5.75 Å². The summed E-state index contributed by atoms with van der Waals surface area (Å²) in [4.78, 5) is 27.7. The summed E-state index contributed by atoms with van der Waals surface area (Å²) < 4.78 is 5.70. The zero-order chi connectivity index (χ0) is 22.0. The normalized spacial score (nSPS) is 12.1. The van der Waals surface area contributed by atoms with Crippen LogP contribution in [0.3, 0.4) is 0 Å². The number of hydrogen-bond donors (Lipinski definition) is 1. The smallest absolute Gasteiger partial charge is 0.243 e. The SMILES string of the molecule is CC[C@H](C(=O)NC(C)(C)C)N(Cc1ccccc1)C(=O)CCCOc1ccccc1. The third-order valence-corrected chi connectivity index (χ3v) is 4.63. The third kappa shape index (κ3) is 7.90. The topological polar surface area (TPSA) is 58.6 Å². The highest BCUT2D eigenvalue weighted by Gasteiger charge is 2.30. The molecule has 162 valence electrons. The first-order valence-corrected chi connectivity index (χ1v) is 10.6. The van der Waals surface area contributed by atoms with Gasteiger partial charge >= 0.3 is 0 Å². The first-order valence-electron chi connectivity index (χ1n) is 10.6. The number of rotatable bonds is 10. The Bertz CT molecular complexity index is 785. The summed E-state index contributed by atoms with van der Waals surface area (Å²) in [5, 5.41) is 3.02. The van der Waals surface area contributed by atoms with Crippen LogP contribution in [-0.2, 0) is 16.1 Å². The van der Waals surface area contributed by atoms with Crippen LogP contribution in [0.2, 0.25) is 0 Å². The molecule has 1 N–H and O–H groups in total. The molecule has 0 heterocycles. The summed E-state index contributed by atoms with van der Waals surface area (Å²) in [6, 6.07) is 18.9. The van der Waals surface area contributed by atoms with E-state index < -0.39 is 6.04 Å². The van der Waals surface area contributed by atoms with Gasteiger partial charge in [-0.25, -0.2) is 0 Å². The number of benzene rings is 2. The van der Waals surface area contributed by atoms with Gasteiger partial charge in [-0.3, -0.25) is 9.59 Å². The van der Waals surface area contributed by atoms with E-state index >= 15 is 0 Å². The molecule has 2 rings (SSSR count). The van der Waals surface area contributed by atoms with Crippen LogP contribution in [0.25, 0.3) is 0 Å². The van der Waals surface area contributed by atoms with Gasteiger partial charge < -0.3 is 15.0 Å². The van der Waals surface area contributed by atoms with Gasteiger partial charge in [0.05, 0.1) is 6.61 Å². The molecule has 0 radical (unpaired) electrons. The molecule has 0 aromatic heterocycles. The van der Waals surface area contributed by atoms with E-state index in [2.05, 4.69) is 5.32 Å². The fraction of sp³-hybridized carbons (Fsp3) is 0.440. The van der Waals surface area contributed by atoms with Crippen molar-refractivity contribution in [2.24, 2.45) is 0 Å². The van der Waals surface area contributed by atoms with Gasteiger partial charge in [0.15, 0.2) is 0 Å². The van der Waals surface area contributed by atoms with Gasteiger partial charge in [0, 0.05) is 18.5 Å². The maximum Gasteiger partial charge on any atom is 0.243 e. The van der Waals surface area contributed by atoms with Gasteiger partial charge in [0.2, 0.25) is 11.8 Å². The Balaban J connectivity index is 2.05. The molecule has 0 saturated carbocycles. The molecule has 0 spiro atoms. The molecule has 2 amide bonds. The van der Waals surface area contributed by atoms with Crippen molar-refractivity contribution in [1.29, 1.82) is 0 Å². The van der Waals surface area contributed by atoms with Crippen LogP contribution >= 0.6 is 0 Å². The standard InChI is InChI=1S/C25H34N2O3/c1-5-22(24(29)26-25(2,3)4)27(19-20-13-8-6-9-14-20)23(28)17-12-18-30-21-15-10-7-11-16-21/h6-11,13-16,22H,5,12,17-19H2,1-4H3,(H,26,29)/t22-/m1/s1. The van der Waals surface area contributed by atoms with E-state index in [9.17, 15) is 9.59 Å². The molecular weight excluding hydrogens is 376 g/mol. The second kappa shape index (κ2) is 11.4. The van der Waals surface area contributed by atoms with Crippen LogP contribution in [0.5, 0.6) is 5.75 Å². The Hall–Kier alpha value is -2.82. The number of hydrogen-bond acceptors (Lipinski definition) is 3. The van der Waals surface area contributed by atoms with E-state index in [4.69, 9.17) is 4.74 Å². The molecular formula is C25H34N2O3. The monoisotopic (exact) mass is 410 g/mol. The molecule has 0 aliphatic heterocycles. The number of carbonyl (C=O) groups is 2. The number of carbonyl (C=O) groups excluding carboxylic acids is 2. The Morgan fingerprint density at radius 1 is 1.00 bits per heavy atom. The Morgan fingerprint density at radius 3 is 2.17 bits per heavy atom. The molecule has 2 aromatic rings. The fourth-order valence-corrected chi connectivity index (χ4v) is 3.23. The van der Waals surface area contributed by atoms with Gasteiger partial charge in [-0.1, -0.05) is 55.5 Å². The second-order valence-electron chi connectivity index (χ2n) is 8.44. The summed E-state index contributed by atoms with van der Waals surface area (Å²) in [7, 11) is 0.